The molecular weight excluding hydrogens is 234 g/mol. The minimum atomic E-state index is -0.566. The van der Waals surface area contributed by atoms with Gasteiger partial charge in [0, 0.05) is 18.4 Å². The topological polar surface area (TPSA) is 98.7 Å². The zero-order valence-electron chi connectivity index (χ0n) is 10.3. The van der Waals surface area contributed by atoms with Crippen LogP contribution in [0, 0.1) is 0 Å². The number of nitrogens with zero attached hydrogens (tertiary/aromatic N) is 3. The highest BCUT2D eigenvalue weighted by molar-refractivity contribution is 5.30. The maximum atomic E-state index is 11.6. The Balaban J connectivity index is 2.31. The van der Waals surface area contributed by atoms with Crippen LogP contribution in [0.25, 0.3) is 0 Å². The predicted molar refractivity (Wildman–Crippen MR) is 67.4 cm³/mol. The van der Waals surface area contributed by atoms with Crippen LogP contribution in [0.4, 0.5) is 5.69 Å². The summed E-state index contributed by atoms with van der Waals surface area (Å²) in [5, 5.41) is 4.32. The lowest BCUT2D eigenvalue weighted by Crippen LogP contribution is -2.31. The number of nitrogen functional groups attached to an aromatic ring is 1. The summed E-state index contributed by atoms with van der Waals surface area (Å²) in [6.45, 7) is 4.31. The molecule has 0 saturated heterocycles. The molecule has 0 radical (unpaired) electrons. The summed E-state index contributed by atoms with van der Waals surface area (Å²) in [4.78, 5) is 24.8. The smallest absolute Gasteiger partial charge is 0.328 e. The summed E-state index contributed by atoms with van der Waals surface area (Å²) >= 11 is 0. The Bertz CT molecular complexity index is 665. The van der Waals surface area contributed by atoms with Crippen molar-refractivity contribution >= 4 is 5.69 Å². The van der Waals surface area contributed by atoms with Crippen LogP contribution in [0.3, 0.4) is 0 Å². The van der Waals surface area contributed by atoms with Crippen molar-refractivity contribution in [2.45, 2.75) is 26.4 Å². The average Bonchev–Trinajstić information content (AvgIpc) is 2.74. The highest BCUT2D eigenvalue weighted by atomic mass is 16.2. The van der Waals surface area contributed by atoms with E-state index in [1.165, 1.54) is 10.8 Å². The number of hydrogen-bond acceptors (Lipinski definition) is 4. The van der Waals surface area contributed by atoms with Gasteiger partial charge in [0.05, 0.1) is 12.2 Å². The molecule has 2 heterocycles. The molecule has 3 N–H and O–H groups in total. The van der Waals surface area contributed by atoms with Crippen LogP contribution >= 0.6 is 0 Å². The van der Waals surface area contributed by atoms with Crippen LogP contribution in [-0.2, 0) is 6.54 Å². The highest BCUT2D eigenvalue weighted by Gasteiger charge is 2.06. The molecule has 7 nitrogen and oxygen atoms in total. The molecule has 0 atom stereocenters. The van der Waals surface area contributed by atoms with E-state index in [9.17, 15) is 9.59 Å². The molecule has 0 aliphatic rings. The number of H-pyrrole nitrogens is 1. The number of rotatable bonds is 3. The molecule has 0 saturated carbocycles. The van der Waals surface area contributed by atoms with Crippen molar-refractivity contribution in [2.75, 3.05) is 5.73 Å². The Morgan fingerprint density at radius 1 is 1.44 bits per heavy atom. The van der Waals surface area contributed by atoms with Gasteiger partial charge >= 0.3 is 5.69 Å². The van der Waals surface area contributed by atoms with Crippen molar-refractivity contribution in [3.8, 4) is 0 Å². The van der Waals surface area contributed by atoms with Gasteiger partial charge in [-0.2, -0.15) is 5.10 Å². The summed E-state index contributed by atoms with van der Waals surface area (Å²) in [7, 11) is 0. The van der Waals surface area contributed by atoms with Gasteiger partial charge < -0.3 is 5.73 Å². The first kappa shape index (κ1) is 12.2. The van der Waals surface area contributed by atoms with Gasteiger partial charge in [0.15, 0.2) is 0 Å². The van der Waals surface area contributed by atoms with E-state index in [0.29, 0.717) is 0 Å². The second-order valence-electron chi connectivity index (χ2n) is 4.35. The molecule has 0 bridgehead atoms. The van der Waals surface area contributed by atoms with Crippen LogP contribution in [0.1, 0.15) is 25.6 Å². The first-order chi connectivity index (χ1) is 8.47. The van der Waals surface area contributed by atoms with Crippen molar-refractivity contribution in [1.82, 2.24) is 19.3 Å². The van der Waals surface area contributed by atoms with E-state index in [1.54, 1.807) is 4.68 Å². The second-order valence-corrected chi connectivity index (χ2v) is 4.35. The maximum absolute atomic E-state index is 11.6. The van der Waals surface area contributed by atoms with Gasteiger partial charge in [0.25, 0.3) is 5.56 Å². The van der Waals surface area contributed by atoms with Crippen LogP contribution in [-0.4, -0.2) is 19.3 Å². The molecule has 7 heteroatoms. The zero-order valence-corrected chi connectivity index (χ0v) is 10.3. The lowest BCUT2D eigenvalue weighted by Gasteiger charge is -2.05. The number of hydrogen-bond donors (Lipinski definition) is 2. The van der Waals surface area contributed by atoms with Crippen molar-refractivity contribution in [2.24, 2.45) is 0 Å². The number of aromatic nitrogens is 4. The standard InChI is InChI=1S/C11H15N5O2/c1-7(2)16-4-3-8(14-16)5-15-6-9(12)10(17)13-11(15)18/h3-4,6-7H,5,12H2,1-2H3,(H,13,17,18). The Morgan fingerprint density at radius 2 is 2.17 bits per heavy atom. The Kier molecular flexibility index (Phi) is 3.05. The molecule has 0 unspecified atom stereocenters. The molecule has 2 aromatic rings. The quantitative estimate of drug-likeness (QED) is 0.796. The van der Waals surface area contributed by atoms with Gasteiger partial charge in [-0.05, 0) is 19.9 Å². The highest BCUT2D eigenvalue weighted by Crippen LogP contribution is 2.05. The van der Waals surface area contributed by atoms with E-state index < -0.39 is 11.2 Å². The molecule has 18 heavy (non-hydrogen) atoms. The van der Waals surface area contributed by atoms with Crippen molar-refractivity contribution in [3.05, 3.63) is 45.0 Å². The van der Waals surface area contributed by atoms with Gasteiger partial charge in [-0.15, -0.1) is 0 Å². The van der Waals surface area contributed by atoms with Crippen LogP contribution < -0.4 is 17.0 Å². The van der Waals surface area contributed by atoms with Gasteiger partial charge in [0.2, 0.25) is 0 Å². The van der Waals surface area contributed by atoms with Crippen LogP contribution in [0.5, 0.6) is 0 Å². The van der Waals surface area contributed by atoms with Gasteiger partial charge in [-0.3, -0.25) is 19.0 Å². The molecule has 0 aromatic carbocycles. The third-order valence-corrected chi connectivity index (χ3v) is 2.56. The molecule has 0 aliphatic carbocycles. The normalized spacial score (nSPS) is 11.1. The monoisotopic (exact) mass is 249 g/mol. The largest absolute Gasteiger partial charge is 0.393 e. The lowest BCUT2D eigenvalue weighted by atomic mass is 10.4. The van der Waals surface area contributed by atoms with E-state index in [4.69, 9.17) is 5.73 Å². The fourth-order valence-electron chi connectivity index (χ4n) is 1.57. The van der Waals surface area contributed by atoms with Crippen molar-refractivity contribution < 1.29 is 0 Å². The van der Waals surface area contributed by atoms with E-state index in [-0.39, 0.29) is 18.3 Å². The number of nitrogens with one attached hydrogen (secondary N) is 1. The molecule has 0 spiro atoms. The molecular formula is C11H15N5O2. The Morgan fingerprint density at radius 3 is 2.78 bits per heavy atom. The first-order valence-corrected chi connectivity index (χ1v) is 5.60. The molecule has 96 valence electrons. The van der Waals surface area contributed by atoms with Crippen LogP contribution in [0.2, 0.25) is 0 Å². The Hall–Kier alpha value is -2.31. The van der Waals surface area contributed by atoms with Gasteiger partial charge in [-0.25, -0.2) is 4.79 Å². The number of nitrogens with two attached hydrogens (primary N) is 1. The molecule has 2 aromatic heterocycles. The Labute approximate surface area is 103 Å². The summed E-state index contributed by atoms with van der Waals surface area (Å²) < 4.78 is 3.12. The summed E-state index contributed by atoms with van der Waals surface area (Å²) in [6.07, 6.45) is 3.18. The molecule has 0 fully saturated rings. The third kappa shape index (κ3) is 2.34. The molecule has 0 amide bonds. The zero-order chi connectivity index (χ0) is 13.3. The van der Waals surface area contributed by atoms with E-state index in [1.807, 2.05) is 26.1 Å². The summed E-state index contributed by atoms with van der Waals surface area (Å²) in [5.74, 6) is 0. The van der Waals surface area contributed by atoms with E-state index in [2.05, 4.69) is 10.1 Å². The number of aromatic amines is 1. The van der Waals surface area contributed by atoms with Crippen LogP contribution in [0.15, 0.2) is 28.0 Å². The van der Waals surface area contributed by atoms with Crippen molar-refractivity contribution in [3.63, 3.8) is 0 Å². The minimum Gasteiger partial charge on any atom is -0.393 e. The van der Waals surface area contributed by atoms with E-state index >= 15 is 0 Å². The minimum absolute atomic E-state index is 0.0119. The molecule has 0 aliphatic heterocycles. The first-order valence-electron chi connectivity index (χ1n) is 5.60. The average molecular weight is 249 g/mol. The van der Waals surface area contributed by atoms with E-state index in [0.717, 1.165) is 5.69 Å². The second kappa shape index (κ2) is 4.52. The lowest BCUT2D eigenvalue weighted by molar-refractivity contribution is 0.522. The SMILES string of the molecule is CC(C)n1ccc(Cn2cc(N)c(=O)[nH]c2=O)n1. The fourth-order valence-corrected chi connectivity index (χ4v) is 1.57. The third-order valence-electron chi connectivity index (χ3n) is 2.56. The number of anilines is 1. The predicted octanol–water partition coefficient (Wildman–Crippen LogP) is -0.0555. The van der Waals surface area contributed by atoms with Gasteiger partial charge in [-0.1, -0.05) is 0 Å². The van der Waals surface area contributed by atoms with Gasteiger partial charge in [0.1, 0.15) is 5.69 Å². The fraction of sp³-hybridized carbons (Fsp3) is 0.364. The summed E-state index contributed by atoms with van der Waals surface area (Å²) in [6, 6.07) is 2.09. The van der Waals surface area contributed by atoms with Crippen molar-refractivity contribution in [1.29, 1.82) is 0 Å². The maximum Gasteiger partial charge on any atom is 0.328 e. The molecule has 2 rings (SSSR count). The summed E-state index contributed by atoms with van der Waals surface area (Å²) in [5.41, 5.74) is 5.15.